The fourth-order valence-electron chi connectivity index (χ4n) is 2.67. The molecule has 2 amide bonds. The summed E-state index contributed by atoms with van der Waals surface area (Å²) in [4.78, 5) is 30.0. The van der Waals surface area contributed by atoms with E-state index in [-0.39, 0.29) is 25.0 Å². The van der Waals surface area contributed by atoms with Gasteiger partial charge >= 0.3 is 6.09 Å². The third kappa shape index (κ3) is 4.06. The van der Waals surface area contributed by atoms with Crippen molar-refractivity contribution in [2.75, 3.05) is 17.2 Å². The maximum Gasteiger partial charge on any atom is 0.407 e. The number of pyridine rings is 1. The van der Waals surface area contributed by atoms with Gasteiger partial charge in [0.1, 0.15) is 12.4 Å². The van der Waals surface area contributed by atoms with E-state index >= 15 is 0 Å². The van der Waals surface area contributed by atoms with Crippen molar-refractivity contribution in [1.29, 1.82) is 0 Å². The Balaban J connectivity index is 1.55. The molecular formula is C18H20N4O3. The van der Waals surface area contributed by atoms with Crippen LogP contribution in [0.15, 0.2) is 42.5 Å². The number of nitrogens with two attached hydrogens (primary N) is 1. The largest absolute Gasteiger partial charge is 0.445 e. The Bertz CT molecular complexity index is 779. The Morgan fingerprint density at radius 3 is 2.80 bits per heavy atom. The van der Waals surface area contributed by atoms with Gasteiger partial charge in [-0.15, -0.1) is 0 Å². The lowest BCUT2D eigenvalue weighted by Crippen LogP contribution is -2.37. The SMILES string of the molecule is Cc1nc(N2C[C@H](NC(=O)OCc3ccccc3)CC2=O)ccc1N. The number of ether oxygens (including phenoxy) is 1. The van der Waals surface area contributed by atoms with Crippen LogP contribution in [0.3, 0.4) is 0 Å². The minimum Gasteiger partial charge on any atom is -0.445 e. The molecule has 0 radical (unpaired) electrons. The molecule has 0 saturated carbocycles. The van der Waals surface area contributed by atoms with E-state index in [2.05, 4.69) is 10.3 Å². The molecule has 0 unspecified atom stereocenters. The monoisotopic (exact) mass is 340 g/mol. The molecule has 25 heavy (non-hydrogen) atoms. The average Bonchev–Trinajstić information content (AvgIpc) is 2.96. The lowest BCUT2D eigenvalue weighted by Gasteiger charge is -2.17. The third-order valence-corrected chi connectivity index (χ3v) is 4.05. The highest BCUT2D eigenvalue weighted by Gasteiger charge is 2.32. The average molecular weight is 340 g/mol. The molecule has 1 aliphatic rings. The predicted octanol–water partition coefficient (Wildman–Crippen LogP) is 2.00. The molecule has 3 rings (SSSR count). The fraction of sp³-hybridized carbons (Fsp3) is 0.278. The molecule has 1 aliphatic heterocycles. The number of rotatable bonds is 4. The van der Waals surface area contributed by atoms with Crippen molar-refractivity contribution in [3.05, 3.63) is 53.7 Å². The number of nitrogens with one attached hydrogen (secondary N) is 1. The van der Waals surface area contributed by atoms with E-state index in [1.807, 2.05) is 30.3 Å². The number of aromatic nitrogens is 1. The van der Waals surface area contributed by atoms with Crippen molar-refractivity contribution >= 4 is 23.5 Å². The van der Waals surface area contributed by atoms with Crippen LogP contribution in [0.5, 0.6) is 0 Å². The number of nitrogens with zero attached hydrogens (tertiary/aromatic N) is 2. The summed E-state index contributed by atoms with van der Waals surface area (Å²) in [7, 11) is 0. The third-order valence-electron chi connectivity index (χ3n) is 4.05. The number of aryl methyl sites for hydroxylation is 1. The first-order chi connectivity index (χ1) is 12.0. The molecule has 130 valence electrons. The van der Waals surface area contributed by atoms with Crippen LogP contribution in [0.4, 0.5) is 16.3 Å². The van der Waals surface area contributed by atoms with Crippen LogP contribution in [0, 0.1) is 6.92 Å². The summed E-state index contributed by atoms with van der Waals surface area (Å²) < 4.78 is 5.19. The summed E-state index contributed by atoms with van der Waals surface area (Å²) >= 11 is 0. The summed E-state index contributed by atoms with van der Waals surface area (Å²) in [6.07, 6.45) is -0.323. The Labute approximate surface area is 145 Å². The highest BCUT2D eigenvalue weighted by Crippen LogP contribution is 2.22. The van der Waals surface area contributed by atoms with Gasteiger partial charge in [-0.3, -0.25) is 9.69 Å². The van der Waals surface area contributed by atoms with E-state index in [4.69, 9.17) is 10.5 Å². The first-order valence-corrected chi connectivity index (χ1v) is 8.03. The second kappa shape index (κ2) is 7.21. The molecule has 1 aromatic carbocycles. The number of carbonyl (C=O) groups excluding carboxylic acids is 2. The second-order valence-corrected chi connectivity index (χ2v) is 5.96. The molecule has 2 aromatic rings. The molecule has 1 saturated heterocycles. The molecule has 1 aromatic heterocycles. The lowest BCUT2D eigenvalue weighted by atomic mass is 10.2. The van der Waals surface area contributed by atoms with E-state index in [9.17, 15) is 9.59 Å². The van der Waals surface area contributed by atoms with Gasteiger partial charge in [0.05, 0.1) is 17.4 Å². The first kappa shape index (κ1) is 16.8. The first-order valence-electron chi connectivity index (χ1n) is 8.03. The van der Waals surface area contributed by atoms with E-state index < -0.39 is 6.09 Å². The molecule has 7 heteroatoms. The van der Waals surface area contributed by atoms with Crippen LogP contribution >= 0.6 is 0 Å². The van der Waals surface area contributed by atoms with Crippen LogP contribution < -0.4 is 16.0 Å². The molecule has 0 spiro atoms. The molecule has 0 aliphatic carbocycles. The van der Waals surface area contributed by atoms with Gasteiger partial charge in [-0.05, 0) is 24.6 Å². The van der Waals surface area contributed by atoms with Crippen molar-refractivity contribution < 1.29 is 14.3 Å². The normalized spacial score (nSPS) is 16.8. The summed E-state index contributed by atoms with van der Waals surface area (Å²) in [5.41, 5.74) is 7.91. The minimum atomic E-state index is -0.537. The van der Waals surface area contributed by atoms with Gasteiger partial charge in [-0.1, -0.05) is 30.3 Å². The number of nitrogen functional groups attached to an aromatic ring is 1. The number of benzene rings is 1. The zero-order chi connectivity index (χ0) is 17.8. The number of anilines is 2. The molecule has 2 heterocycles. The number of carbonyl (C=O) groups is 2. The quantitative estimate of drug-likeness (QED) is 0.887. The van der Waals surface area contributed by atoms with Crippen LogP contribution in [0.2, 0.25) is 0 Å². The van der Waals surface area contributed by atoms with E-state index in [0.29, 0.717) is 23.7 Å². The zero-order valence-corrected chi connectivity index (χ0v) is 13.9. The maximum absolute atomic E-state index is 12.2. The van der Waals surface area contributed by atoms with Gasteiger partial charge in [0.25, 0.3) is 0 Å². The summed E-state index contributed by atoms with van der Waals surface area (Å²) in [5.74, 6) is 0.448. The van der Waals surface area contributed by atoms with Gasteiger partial charge in [-0.2, -0.15) is 0 Å². The van der Waals surface area contributed by atoms with Crippen molar-refractivity contribution in [3.8, 4) is 0 Å². The number of hydrogen-bond donors (Lipinski definition) is 2. The fourth-order valence-corrected chi connectivity index (χ4v) is 2.67. The summed E-state index contributed by atoms with van der Waals surface area (Å²) in [5, 5.41) is 2.73. The molecule has 3 N–H and O–H groups in total. The number of amides is 2. The summed E-state index contributed by atoms with van der Waals surface area (Å²) in [6.45, 7) is 2.33. The Kier molecular flexibility index (Phi) is 4.83. The van der Waals surface area contributed by atoms with Crippen molar-refractivity contribution in [1.82, 2.24) is 10.3 Å². The highest BCUT2D eigenvalue weighted by molar-refractivity contribution is 5.96. The van der Waals surface area contributed by atoms with Crippen LogP contribution in [-0.4, -0.2) is 29.6 Å². The lowest BCUT2D eigenvalue weighted by molar-refractivity contribution is -0.117. The highest BCUT2D eigenvalue weighted by atomic mass is 16.5. The van der Waals surface area contributed by atoms with Gasteiger partial charge in [-0.25, -0.2) is 9.78 Å². The van der Waals surface area contributed by atoms with E-state index in [1.54, 1.807) is 24.0 Å². The Hall–Kier alpha value is -3.09. The predicted molar refractivity (Wildman–Crippen MR) is 93.9 cm³/mol. The number of alkyl carbamates (subject to hydrolysis) is 1. The van der Waals surface area contributed by atoms with Crippen molar-refractivity contribution in [2.45, 2.75) is 26.0 Å². The minimum absolute atomic E-state index is 0.0926. The van der Waals surface area contributed by atoms with Gasteiger partial charge in [0, 0.05) is 13.0 Å². The van der Waals surface area contributed by atoms with Crippen molar-refractivity contribution in [3.63, 3.8) is 0 Å². The maximum atomic E-state index is 12.2. The molecule has 1 fully saturated rings. The van der Waals surface area contributed by atoms with Gasteiger partial charge in [0.2, 0.25) is 5.91 Å². The summed E-state index contributed by atoms with van der Waals surface area (Å²) in [6, 6.07) is 12.5. The smallest absolute Gasteiger partial charge is 0.407 e. The van der Waals surface area contributed by atoms with Gasteiger partial charge in [0.15, 0.2) is 0 Å². The standard InChI is InChI=1S/C18H20N4O3/c1-12-15(19)7-8-16(20-12)22-10-14(9-17(22)23)21-18(24)25-11-13-5-3-2-4-6-13/h2-8,14H,9-11,19H2,1H3,(H,21,24)/t14-/m1/s1. The zero-order valence-electron chi connectivity index (χ0n) is 13.9. The molecular weight excluding hydrogens is 320 g/mol. The van der Waals surface area contributed by atoms with Gasteiger partial charge < -0.3 is 15.8 Å². The second-order valence-electron chi connectivity index (χ2n) is 5.96. The van der Waals surface area contributed by atoms with Crippen molar-refractivity contribution in [2.24, 2.45) is 0 Å². The van der Waals surface area contributed by atoms with Crippen LogP contribution in [0.25, 0.3) is 0 Å². The topological polar surface area (TPSA) is 97.5 Å². The van der Waals surface area contributed by atoms with Crippen LogP contribution in [0.1, 0.15) is 17.7 Å². The molecule has 0 bridgehead atoms. The molecule has 7 nitrogen and oxygen atoms in total. The number of hydrogen-bond acceptors (Lipinski definition) is 5. The molecule has 1 atom stereocenters. The Morgan fingerprint density at radius 2 is 2.08 bits per heavy atom. The Morgan fingerprint density at radius 1 is 1.32 bits per heavy atom. The van der Waals surface area contributed by atoms with E-state index in [1.165, 1.54) is 0 Å². The van der Waals surface area contributed by atoms with E-state index in [0.717, 1.165) is 5.56 Å². The van der Waals surface area contributed by atoms with Crippen LogP contribution in [-0.2, 0) is 16.1 Å².